The van der Waals surface area contributed by atoms with Gasteiger partial charge in [-0.15, -0.1) is 0 Å². The van der Waals surface area contributed by atoms with E-state index in [9.17, 15) is 29.1 Å². The summed E-state index contributed by atoms with van der Waals surface area (Å²) < 4.78 is 59.5. The normalized spacial score (nSPS) is 22.8. The Hall–Kier alpha value is -3.91. The van der Waals surface area contributed by atoms with Gasteiger partial charge in [0, 0.05) is 26.1 Å². The molecule has 10 unspecified atom stereocenters. The zero-order valence-corrected chi connectivity index (χ0v) is 58.3. The number of aliphatic hydroxyl groups excluding tert-OH is 1. The van der Waals surface area contributed by atoms with E-state index in [0.717, 1.165) is 77.0 Å². The molecule has 0 aromatic heterocycles. The Morgan fingerprint density at radius 3 is 1.32 bits per heavy atom. The number of hydrogen-bond donors (Lipinski definition) is 3. The minimum atomic E-state index is -1.11. The Morgan fingerprint density at radius 1 is 0.527 bits per heavy atom. The number of fused-ring (bicyclic) bond motifs is 1. The van der Waals surface area contributed by atoms with Gasteiger partial charge in [0.1, 0.15) is 60.8 Å². The Kier molecular flexibility index (Phi) is 49.7. The van der Waals surface area contributed by atoms with Crippen LogP contribution in [0.4, 0.5) is 4.79 Å². The van der Waals surface area contributed by atoms with Crippen molar-refractivity contribution in [3.8, 4) is 0 Å². The van der Waals surface area contributed by atoms with E-state index >= 15 is 0 Å². The number of aliphatic hydroxyl groups is 1. The topological polar surface area (TPSA) is 222 Å². The summed E-state index contributed by atoms with van der Waals surface area (Å²) in [5, 5.41) is 16.1. The van der Waals surface area contributed by atoms with E-state index in [1.165, 1.54) is 154 Å². The predicted octanol–water partition coefficient (Wildman–Crippen LogP) is 16.2. The number of amides is 2. The van der Waals surface area contributed by atoms with Crippen molar-refractivity contribution in [2.24, 2.45) is 0 Å². The van der Waals surface area contributed by atoms with Crippen molar-refractivity contribution in [2.45, 2.75) is 366 Å². The third-order valence-electron chi connectivity index (χ3n) is 16.8. The summed E-state index contributed by atoms with van der Waals surface area (Å²) in [6.07, 6.45) is 40.5. The summed E-state index contributed by atoms with van der Waals surface area (Å²) in [7, 11) is 0. The summed E-state index contributed by atoms with van der Waals surface area (Å²) in [5.41, 5.74) is 0. The molecule has 0 spiro atoms. The zero-order chi connectivity index (χ0) is 66.6. The average molecular weight is 1290 g/mol. The van der Waals surface area contributed by atoms with Gasteiger partial charge in [-0.1, -0.05) is 245 Å². The molecule has 3 saturated heterocycles. The van der Waals surface area contributed by atoms with Crippen LogP contribution < -0.4 is 10.6 Å². The first kappa shape index (κ1) is 83.2. The van der Waals surface area contributed by atoms with Gasteiger partial charge in [0.2, 0.25) is 24.4 Å². The molecular formula is C73H130N2O16. The summed E-state index contributed by atoms with van der Waals surface area (Å²) >= 11 is 0. The lowest BCUT2D eigenvalue weighted by Crippen LogP contribution is -2.69. The van der Waals surface area contributed by atoms with Crippen molar-refractivity contribution in [1.29, 1.82) is 0 Å². The molecule has 3 aliphatic heterocycles. The third kappa shape index (κ3) is 38.9. The average Bonchev–Trinajstić information content (AvgIpc) is 0.823. The fraction of sp³-hybridized carbons (Fsp3) is 0.849. The first-order valence-corrected chi connectivity index (χ1v) is 36.3. The van der Waals surface area contributed by atoms with Gasteiger partial charge < -0.3 is 63.1 Å². The van der Waals surface area contributed by atoms with Crippen LogP contribution in [0.3, 0.4) is 0 Å². The van der Waals surface area contributed by atoms with Gasteiger partial charge in [0.05, 0.1) is 38.6 Å². The van der Waals surface area contributed by atoms with Crippen molar-refractivity contribution in [1.82, 2.24) is 10.6 Å². The second-order valence-corrected chi connectivity index (χ2v) is 25.6. The molecule has 91 heavy (non-hydrogen) atoms. The van der Waals surface area contributed by atoms with E-state index < -0.39 is 85.7 Å². The van der Waals surface area contributed by atoms with Crippen LogP contribution in [0.5, 0.6) is 0 Å². The largest absolute Gasteiger partial charge is 0.509 e. The minimum Gasteiger partial charge on any atom is -0.471 e. The molecule has 18 nitrogen and oxygen atoms in total. The van der Waals surface area contributed by atoms with Crippen molar-refractivity contribution in [2.75, 3.05) is 33.0 Å². The van der Waals surface area contributed by atoms with Crippen molar-refractivity contribution in [3.05, 3.63) is 37.3 Å². The summed E-state index contributed by atoms with van der Waals surface area (Å²) in [6, 6.07) is -1.57. The molecule has 3 fully saturated rings. The van der Waals surface area contributed by atoms with E-state index in [0.29, 0.717) is 32.7 Å². The lowest BCUT2D eigenvalue weighted by molar-refractivity contribution is -0.368. The fourth-order valence-electron chi connectivity index (χ4n) is 11.7. The number of ether oxygens (including phenoxy) is 10. The number of rotatable bonds is 54. The van der Waals surface area contributed by atoms with Gasteiger partial charge in [-0.25, -0.2) is 4.79 Å². The highest BCUT2D eigenvalue weighted by atomic mass is 16.8. The Bertz CT molecular complexity index is 1930. The van der Waals surface area contributed by atoms with Gasteiger partial charge in [-0.3, -0.25) is 19.2 Å². The Morgan fingerprint density at radius 2 is 0.912 bits per heavy atom. The molecule has 0 saturated carbocycles. The number of hydrogen-bond acceptors (Lipinski definition) is 16. The number of nitrogens with one attached hydrogen (secondary N) is 2. The molecule has 3 N–H and O–H groups in total. The van der Waals surface area contributed by atoms with E-state index in [4.69, 9.17) is 47.4 Å². The summed E-state index contributed by atoms with van der Waals surface area (Å²) in [5.74, 6) is -1.81. The van der Waals surface area contributed by atoms with Gasteiger partial charge >= 0.3 is 6.16 Å². The third-order valence-corrected chi connectivity index (χ3v) is 16.8. The molecule has 3 aliphatic rings. The molecule has 0 radical (unpaired) electrons. The molecule has 528 valence electrons. The second kappa shape index (κ2) is 54.4. The first-order chi connectivity index (χ1) is 44.2. The van der Waals surface area contributed by atoms with E-state index in [1.807, 2.05) is 20.8 Å². The SMILES string of the molecule is C/C=C\OC1OC2COC(C)(C)OC2C(OCCCCCCCCCC)C1NC(=O)CC(=O)CCCCCCCCCCC.C=CCOC(=O)OC1C(CO)OC(O/C=C\C)C(NC(=O)CC(=O)CCCCCCCCCCC)C1OCCCCCCCCCC. The standard InChI is InChI=1S/C37H65NO9.C36H65NO7/c1-5-9-11-13-15-17-18-20-22-24-30(40)28-32(41)38-33-35(43-27-23-21-19-16-14-12-10-6-2)34(47-37(42)45-26-8-4)31(29-39)46-36(33)44-25-7-3;1-6-9-11-13-15-17-18-20-22-24-29(38)27-31(39)37-32-34(40-26-23-21-19-16-14-12-10-7-2)33-30(28-42-36(4,5)44-33)43-35(32)41-25-8-3/h7-8,25,31,33-36,39H,4-6,9-24,26-29H2,1-3H3,(H,38,41);8,25,30,32-35H,6-7,9-24,26-28H2,1-5H3,(H,37,39)/b25-7-;25-8-. The highest BCUT2D eigenvalue weighted by Crippen LogP contribution is 2.35. The second-order valence-electron chi connectivity index (χ2n) is 25.6. The molecule has 3 heterocycles. The van der Waals surface area contributed by atoms with Gasteiger partial charge in [0.25, 0.3) is 0 Å². The lowest BCUT2D eigenvalue weighted by Gasteiger charge is -2.50. The van der Waals surface area contributed by atoms with Gasteiger partial charge in [0.15, 0.2) is 11.9 Å². The molecule has 0 aromatic carbocycles. The van der Waals surface area contributed by atoms with Crippen molar-refractivity contribution >= 4 is 29.5 Å². The predicted molar refractivity (Wildman–Crippen MR) is 359 cm³/mol. The summed E-state index contributed by atoms with van der Waals surface area (Å²) in [6.45, 7) is 20.5. The quantitative estimate of drug-likeness (QED) is 0.0169. The van der Waals surface area contributed by atoms with E-state index in [1.54, 1.807) is 25.3 Å². The first-order valence-electron chi connectivity index (χ1n) is 36.3. The van der Waals surface area contributed by atoms with E-state index in [2.05, 4.69) is 44.9 Å². The number of carbonyl (C=O) groups is 5. The fourth-order valence-corrected chi connectivity index (χ4v) is 11.7. The molecule has 3 rings (SSSR count). The molecule has 0 aliphatic carbocycles. The van der Waals surface area contributed by atoms with Crippen LogP contribution in [0, 0.1) is 0 Å². The van der Waals surface area contributed by atoms with Crippen molar-refractivity contribution < 1.29 is 76.4 Å². The molecule has 0 bridgehead atoms. The maximum absolute atomic E-state index is 13.2. The smallest absolute Gasteiger partial charge is 0.471 e. The Labute approximate surface area is 551 Å². The summed E-state index contributed by atoms with van der Waals surface area (Å²) in [4.78, 5) is 64.3. The minimum absolute atomic E-state index is 0.0363. The molecule has 2 amide bonds. The van der Waals surface area contributed by atoms with Crippen LogP contribution in [-0.2, 0) is 66.5 Å². The van der Waals surface area contributed by atoms with Crippen LogP contribution in [0.1, 0.15) is 299 Å². The van der Waals surface area contributed by atoms with Crippen LogP contribution in [0.15, 0.2) is 37.3 Å². The highest BCUT2D eigenvalue weighted by molar-refractivity contribution is 5.98. The monoisotopic (exact) mass is 1290 g/mol. The zero-order valence-electron chi connectivity index (χ0n) is 58.3. The van der Waals surface area contributed by atoms with Crippen LogP contribution in [0.25, 0.3) is 0 Å². The number of Topliss-reactive ketones (excluding diaryl/α,β-unsaturated/α-hetero) is 2. The van der Waals surface area contributed by atoms with Crippen molar-refractivity contribution in [3.63, 3.8) is 0 Å². The maximum Gasteiger partial charge on any atom is 0.509 e. The molecule has 10 atom stereocenters. The van der Waals surface area contributed by atoms with Gasteiger partial charge in [-0.2, -0.15) is 0 Å². The number of unbranched alkanes of at least 4 members (excludes halogenated alkanes) is 30. The molecule has 18 heteroatoms. The molecular weight excluding hydrogens is 1160 g/mol. The van der Waals surface area contributed by atoms with Crippen LogP contribution >= 0.6 is 0 Å². The number of ketones is 2. The number of allylic oxidation sites excluding steroid dienone is 2. The lowest BCUT2D eigenvalue weighted by atomic mass is 9.94. The highest BCUT2D eigenvalue weighted by Gasteiger charge is 2.54. The van der Waals surface area contributed by atoms with E-state index in [-0.39, 0.29) is 36.9 Å². The van der Waals surface area contributed by atoms with Gasteiger partial charge in [-0.05, 0) is 53.4 Å². The number of carbonyl (C=O) groups excluding carboxylic acids is 5. The maximum atomic E-state index is 13.2. The van der Waals surface area contributed by atoms with Crippen LogP contribution in [0.2, 0.25) is 0 Å². The van der Waals surface area contributed by atoms with Crippen LogP contribution in [-0.4, -0.2) is 135 Å². The Balaban J connectivity index is 0.000000621. The molecule has 0 aromatic rings.